The quantitative estimate of drug-likeness (QED) is 0.638. The zero-order valence-corrected chi connectivity index (χ0v) is 14.7. The summed E-state index contributed by atoms with van der Waals surface area (Å²) >= 11 is 4.31. The molecule has 1 atom stereocenters. The lowest BCUT2D eigenvalue weighted by molar-refractivity contribution is 0.488. The summed E-state index contributed by atoms with van der Waals surface area (Å²) in [6, 6.07) is 14.0. The van der Waals surface area contributed by atoms with Gasteiger partial charge in [-0.15, -0.1) is 11.3 Å². The van der Waals surface area contributed by atoms with Gasteiger partial charge in [-0.3, -0.25) is 0 Å². The Balaban J connectivity index is 1.79. The summed E-state index contributed by atoms with van der Waals surface area (Å²) in [5.41, 5.74) is 1.34. The van der Waals surface area contributed by atoms with Crippen LogP contribution >= 0.6 is 33.9 Å². The number of halogens is 1. The second kappa shape index (κ2) is 6.58. The summed E-state index contributed by atoms with van der Waals surface area (Å²) in [5.74, 6) is 0.866. The molecule has 1 nitrogen and oxygen atoms in total. The molecule has 0 radical (unpaired) electrons. The molecule has 3 heteroatoms. The minimum atomic E-state index is 0.581. The van der Waals surface area contributed by atoms with Crippen molar-refractivity contribution in [2.45, 2.75) is 32.2 Å². The lowest BCUT2D eigenvalue weighted by Crippen LogP contribution is -2.22. The van der Waals surface area contributed by atoms with E-state index in [4.69, 9.17) is 0 Å². The van der Waals surface area contributed by atoms with Crippen molar-refractivity contribution >= 4 is 33.9 Å². The highest BCUT2D eigenvalue weighted by molar-refractivity contribution is 14.1. The maximum Gasteiger partial charge on any atom is 0.0443 e. The third-order valence-corrected chi connectivity index (χ3v) is 5.71. The molecule has 1 aliphatic rings. The normalized spacial score (nSPS) is 16.3. The topological polar surface area (TPSA) is 12.0 Å². The number of hydrogen-bond acceptors (Lipinski definition) is 2. The van der Waals surface area contributed by atoms with Crippen molar-refractivity contribution in [2.24, 2.45) is 5.92 Å². The first-order valence-electron chi connectivity index (χ1n) is 7.37. The van der Waals surface area contributed by atoms with E-state index < -0.39 is 0 Å². The Morgan fingerprint density at radius 2 is 1.95 bits per heavy atom. The van der Waals surface area contributed by atoms with E-state index in [1.165, 1.54) is 38.2 Å². The van der Waals surface area contributed by atoms with Crippen molar-refractivity contribution in [3.05, 3.63) is 44.8 Å². The van der Waals surface area contributed by atoms with E-state index in [0.29, 0.717) is 6.04 Å². The lowest BCUT2D eigenvalue weighted by atomic mass is 10.1. The van der Waals surface area contributed by atoms with E-state index >= 15 is 0 Å². The molecule has 1 heterocycles. The van der Waals surface area contributed by atoms with Gasteiger partial charge in [-0.1, -0.05) is 19.1 Å². The van der Waals surface area contributed by atoms with Crippen molar-refractivity contribution in [3.8, 4) is 10.4 Å². The molecule has 0 spiro atoms. The van der Waals surface area contributed by atoms with Gasteiger partial charge < -0.3 is 5.32 Å². The molecule has 0 bridgehead atoms. The van der Waals surface area contributed by atoms with Gasteiger partial charge in [0.05, 0.1) is 0 Å². The molecule has 1 N–H and O–H groups in total. The average molecular weight is 397 g/mol. The molecule has 1 aliphatic carbocycles. The number of benzene rings is 1. The maximum atomic E-state index is 3.73. The van der Waals surface area contributed by atoms with Crippen LogP contribution in [-0.2, 0) is 0 Å². The Morgan fingerprint density at radius 1 is 1.20 bits per heavy atom. The molecule has 0 aliphatic heterocycles. The smallest absolute Gasteiger partial charge is 0.0443 e. The standard InChI is InChI=1S/C17H20INS/c1-2-11-19-17(13-3-4-13)16-10-9-15(20-16)12-5-7-14(18)8-6-12/h5-10,13,17,19H,2-4,11H2,1H3. The van der Waals surface area contributed by atoms with Gasteiger partial charge in [0.25, 0.3) is 0 Å². The van der Waals surface area contributed by atoms with Gasteiger partial charge >= 0.3 is 0 Å². The maximum absolute atomic E-state index is 3.73. The Hall–Kier alpha value is -0.390. The van der Waals surface area contributed by atoms with Gasteiger partial charge in [0.2, 0.25) is 0 Å². The predicted molar refractivity (Wildman–Crippen MR) is 96.2 cm³/mol. The van der Waals surface area contributed by atoms with E-state index in [2.05, 4.69) is 71.2 Å². The van der Waals surface area contributed by atoms with Crippen molar-refractivity contribution in [1.29, 1.82) is 0 Å². The van der Waals surface area contributed by atoms with Gasteiger partial charge in [-0.05, 0) is 84.1 Å². The third-order valence-electron chi connectivity index (χ3n) is 3.77. The van der Waals surface area contributed by atoms with Gasteiger partial charge in [0.15, 0.2) is 0 Å². The van der Waals surface area contributed by atoms with Crippen molar-refractivity contribution in [1.82, 2.24) is 5.32 Å². The van der Waals surface area contributed by atoms with Crippen LogP contribution in [0, 0.1) is 9.49 Å². The second-order valence-corrected chi connectivity index (χ2v) is 7.84. The summed E-state index contributed by atoms with van der Waals surface area (Å²) < 4.78 is 1.29. The van der Waals surface area contributed by atoms with Crippen LogP contribution in [0.15, 0.2) is 36.4 Å². The molecule has 1 unspecified atom stereocenters. The van der Waals surface area contributed by atoms with E-state index in [-0.39, 0.29) is 0 Å². The number of rotatable bonds is 6. The molecule has 3 rings (SSSR count). The van der Waals surface area contributed by atoms with Crippen LogP contribution in [0.4, 0.5) is 0 Å². The van der Waals surface area contributed by atoms with Gasteiger partial charge in [0.1, 0.15) is 0 Å². The van der Waals surface area contributed by atoms with Crippen molar-refractivity contribution < 1.29 is 0 Å². The zero-order valence-electron chi connectivity index (χ0n) is 11.7. The van der Waals surface area contributed by atoms with Gasteiger partial charge in [-0.2, -0.15) is 0 Å². The van der Waals surface area contributed by atoms with Gasteiger partial charge in [-0.25, -0.2) is 0 Å². The molecular formula is C17H20INS. The Labute approximate surface area is 138 Å². The Morgan fingerprint density at radius 3 is 2.60 bits per heavy atom. The molecule has 2 aromatic rings. The van der Waals surface area contributed by atoms with Crippen LogP contribution in [-0.4, -0.2) is 6.54 Å². The lowest BCUT2D eigenvalue weighted by Gasteiger charge is -2.16. The molecule has 1 aromatic carbocycles. The fourth-order valence-corrected chi connectivity index (χ4v) is 4.06. The Kier molecular flexibility index (Phi) is 4.79. The summed E-state index contributed by atoms with van der Waals surface area (Å²) in [4.78, 5) is 2.90. The number of hydrogen-bond donors (Lipinski definition) is 1. The fraction of sp³-hybridized carbons (Fsp3) is 0.412. The van der Waals surface area contributed by atoms with Crippen molar-refractivity contribution in [3.63, 3.8) is 0 Å². The third kappa shape index (κ3) is 3.43. The largest absolute Gasteiger partial charge is 0.309 e. The summed E-state index contributed by atoms with van der Waals surface area (Å²) in [5, 5.41) is 3.73. The van der Waals surface area contributed by atoms with E-state index in [1.807, 2.05) is 11.3 Å². The highest BCUT2D eigenvalue weighted by Gasteiger charge is 2.32. The highest BCUT2D eigenvalue weighted by Crippen LogP contribution is 2.44. The minimum absolute atomic E-state index is 0.581. The van der Waals surface area contributed by atoms with E-state index in [1.54, 1.807) is 0 Å². The Bertz CT molecular complexity index is 557. The molecule has 106 valence electrons. The molecule has 0 amide bonds. The molecule has 1 saturated carbocycles. The molecule has 0 saturated heterocycles. The van der Waals surface area contributed by atoms with Gasteiger partial charge in [0, 0.05) is 19.4 Å². The van der Waals surface area contributed by atoms with Crippen LogP contribution in [0.5, 0.6) is 0 Å². The fourth-order valence-electron chi connectivity index (χ4n) is 2.52. The van der Waals surface area contributed by atoms with Crippen molar-refractivity contribution in [2.75, 3.05) is 6.54 Å². The van der Waals surface area contributed by atoms with E-state index in [9.17, 15) is 0 Å². The first kappa shape index (κ1) is 14.5. The summed E-state index contributed by atoms with van der Waals surface area (Å²) in [6.45, 7) is 3.36. The summed E-state index contributed by atoms with van der Waals surface area (Å²) in [6.07, 6.45) is 3.98. The van der Waals surface area contributed by atoms with Crippen LogP contribution in [0.25, 0.3) is 10.4 Å². The first-order chi connectivity index (χ1) is 9.78. The SMILES string of the molecule is CCCNC(c1ccc(-c2ccc(I)cc2)s1)C1CC1. The monoisotopic (exact) mass is 397 g/mol. The summed E-state index contributed by atoms with van der Waals surface area (Å²) in [7, 11) is 0. The number of nitrogens with one attached hydrogen (secondary N) is 1. The van der Waals surface area contributed by atoms with Crippen LogP contribution in [0.1, 0.15) is 37.1 Å². The first-order valence-corrected chi connectivity index (χ1v) is 9.26. The minimum Gasteiger partial charge on any atom is -0.309 e. The van der Waals surface area contributed by atoms with Crippen LogP contribution in [0.3, 0.4) is 0 Å². The van der Waals surface area contributed by atoms with Crippen LogP contribution < -0.4 is 5.32 Å². The molecule has 20 heavy (non-hydrogen) atoms. The number of thiophene rings is 1. The second-order valence-electron chi connectivity index (χ2n) is 5.48. The average Bonchev–Trinajstić information content (AvgIpc) is 3.18. The highest BCUT2D eigenvalue weighted by atomic mass is 127. The molecular weight excluding hydrogens is 377 g/mol. The predicted octanol–water partition coefficient (Wildman–Crippen LogP) is 5.47. The van der Waals surface area contributed by atoms with E-state index in [0.717, 1.165) is 12.5 Å². The zero-order chi connectivity index (χ0) is 13.9. The molecule has 1 fully saturated rings. The van der Waals surface area contributed by atoms with Crippen LogP contribution in [0.2, 0.25) is 0 Å². The molecule has 1 aromatic heterocycles.